The molecule has 1 aromatic carbocycles. The number of carbonyl (C=O) groups excluding carboxylic acids is 1. The van der Waals surface area contributed by atoms with Gasteiger partial charge in [0.15, 0.2) is 5.78 Å². The minimum Gasteiger partial charge on any atom is -0.511 e. The number of nitrogens with zero attached hydrogens (tertiary/aromatic N) is 1. The van der Waals surface area contributed by atoms with E-state index in [0.717, 1.165) is 5.69 Å². The summed E-state index contributed by atoms with van der Waals surface area (Å²) in [5, 5.41) is 14.5. The molecule has 106 valence electrons. The van der Waals surface area contributed by atoms with E-state index in [4.69, 9.17) is 11.6 Å². The van der Waals surface area contributed by atoms with Crippen molar-refractivity contribution in [3.8, 4) is 0 Å². The predicted molar refractivity (Wildman–Crippen MR) is 81.2 cm³/mol. The number of anilines is 1. The van der Waals surface area contributed by atoms with Crippen LogP contribution in [0.15, 0.2) is 40.7 Å². The van der Waals surface area contributed by atoms with E-state index in [-0.39, 0.29) is 22.5 Å². The Morgan fingerprint density at radius 3 is 2.80 bits per heavy atom. The molecule has 0 spiro atoms. The summed E-state index contributed by atoms with van der Waals surface area (Å²) in [6.07, 6.45) is 2.26. The number of hydrogen-bond donors (Lipinski definition) is 2. The van der Waals surface area contributed by atoms with Crippen molar-refractivity contribution in [2.24, 2.45) is 10.5 Å². The Bertz CT molecular complexity index is 591. The van der Waals surface area contributed by atoms with Crippen molar-refractivity contribution in [3.63, 3.8) is 0 Å². The van der Waals surface area contributed by atoms with Gasteiger partial charge < -0.3 is 5.11 Å². The number of Topliss-reactive ketones (excluding diaryl/α,β-unsaturated/α-hetero) is 1. The molecule has 5 heteroatoms. The maximum absolute atomic E-state index is 12.0. The molecule has 0 bridgehead atoms. The quantitative estimate of drug-likeness (QED) is 0.655. The van der Waals surface area contributed by atoms with Crippen LogP contribution in [0, 0.1) is 5.41 Å². The fourth-order valence-electron chi connectivity index (χ4n) is 2.18. The van der Waals surface area contributed by atoms with Crippen molar-refractivity contribution < 1.29 is 9.90 Å². The summed E-state index contributed by atoms with van der Waals surface area (Å²) < 4.78 is 0. The van der Waals surface area contributed by atoms with Crippen LogP contribution < -0.4 is 5.43 Å². The first-order chi connectivity index (χ1) is 9.37. The predicted octanol–water partition coefficient (Wildman–Crippen LogP) is 3.94. The van der Waals surface area contributed by atoms with Crippen molar-refractivity contribution >= 4 is 29.3 Å². The number of benzene rings is 1. The van der Waals surface area contributed by atoms with E-state index in [2.05, 4.69) is 10.5 Å². The molecule has 0 saturated heterocycles. The molecule has 0 saturated carbocycles. The van der Waals surface area contributed by atoms with Gasteiger partial charge in [-0.15, -0.1) is 0 Å². The van der Waals surface area contributed by atoms with Crippen molar-refractivity contribution in [2.75, 3.05) is 5.43 Å². The molecule has 0 aliphatic heterocycles. The Morgan fingerprint density at radius 2 is 2.15 bits per heavy atom. The molecule has 0 radical (unpaired) electrons. The molecular formula is C15H17ClN2O2. The summed E-state index contributed by atoms with van der Waals surface area (Å²) in [5.74, 6) is 0.0123. The summed E-state index contributed by atoms with van der Waals surface area (Å²) in [4.78, 5) is 12.0. The highest BCUT2D eigenvalue weighted by Gasteiger charge is 2.32. The summed E-state index contributed by atoms with van der Waals surface area (Å²) in [6, 6.07) is 7.09. The van der Waals surface area contributed by atoms with E-state index in [1.807, 2.05) is 19.9 Å². The third-order valence-electron chi connectivity index (χ3n) is 3.11. The molecule has 2 rings (SSSR count). The van der Waals surface area contributed by atoms with E-state index in [1.165, 1.54) is 6.21 Å². The molecular weight excluding hydrogens is 276 g/mol. The normalized spacial score (nSPS) is 18.6. The van der Waals surface area contributed by atoms with Crippen LogP contribution >= 0.6 is 11.6 Å². The molecule has 1 aliphatic carbocycles. The molecule has 0 amide bonds. The number of hydrogen-bond acceptors (Lipinski definition) is 4. The van der Waals surface area contributed by atoms with Crippen LogP contribution in [0.4, 0.5) is 5.69 Å². The molecule has 0 atom stereocenters. The lowest BCUT2D eigenvalue weighted by atomic mass is 9.77. The first-order valence-electron chi connectivity index (χ1n) is 6.37. The van der Waals surface area contributed by atoms with Crippen molar-refractivity contribution in [2.45, 2.75) is 26.7 Å². The highest BCUT2D eigenvalue weighted by Crippen LogP contribution is 2.35. The second-order valence-corrected chi connectivity index (χ2v) is 6.12. The molecule has 2 N–H and O–H groups in total. The second kappa shape index (κ2) is 5.67. The summed E-state index contributed by atoms with van der Waals surface area (Å²) >= 11 is 5.85. The number of nitrogens with one attached hydrogen (secondary N) is 1. The van der Waals surface area contributed by atoms with E-state index in [1.54, 1.807) is 18.2 Å². The van der Waals surface area contributed by atoms with Crippen LogP contribution in [0.3, 0.4) is 0 Å². The Morgan fingerprint density at radius 1 is 1.40 bits per heavy atom. The molecule has 1 aromatic rings. The van der Waals surface area contributed by atoms with E-state index >= 15 is 0 Å². The highest BCUT2D eigenvalue weighted by atomic mass is 35.5. The fourth-order valence-corrected chi connectivity index (χ4v) is 2.37. The number of carbonyl (C=O) groups is 1. The average Bonchev–Trinajstić information content (AvgIpc) is 2.31. The zero-order valence-corrected chi connectivity index (χ0v) is 12.2. The number of allylic oxidation sites excluding steroid dienone is 2. The Hall–Kier alpha value is -1.81. The standard InChI is InChI=1S/C15H17ClN2O2/c1-15(2)7-13(19)12(14(20)8-15)9-17-18-11-5-3-4-10(16)6-11/h3-6,9,18-19H,7-8H2,1-2H3/b17-9+. The molecule has 0 heterocycles. The summed E-state index contributed by atoms with van der Waals surface area (Å²) in [5.41, 5.74) is 3.58. The Balaban J connectivity index is 2.09. The molecule has 20 heavy (non-hydrogen) atoms. The van der Waals surface area contributed by atoms with Gasteiger partial charge in [0.25, 0.3) is 0 Å². The molecule has 0 unspecified atom stereocenters. The lowest BCUT2D eigenvalue weighted by Crippen LogP contribution is -2.26. The van der Waals surface area contributed by atoms with Gasteiger partial charge in [0, 0.05) is 17.9 Å². The largest absolute Gasteiger partial charge is 0.511 e. The SMILES string of the molecule is CC1(C)CC(=O)C(/C=N/Nc2cccc(Cl)c2)=C(O)C1. The van der Waals surface area contributed by atoms with Crippen LogP contribution in [0.2, 0.25) is 5.02 Å². The lowest BCUT2D eigenvalue weighted by Gasteiger charge is -2.28. The number of hydrazone groups is 1. The van der Waals surface area contributed by atoms with Gasteiger partial charge in [-0.25, -0.2) is 0 Å². The van der Waals surface area contributed by atoms with Crippen molar-refractivity contribution in [1.82, 2.24) is 0 Å². The third-order valence-corrected chi connectivity index (χ3v) is 3.34. The zero-order valence-electron chi connectivity index (χ0n) is 11.5. The minimum absolute atomic E-state index is 0.0876. The van der Waals surface area contributed by atoms with Gasteiger partial charge in [-0.05, 0) is 23.6 Å². The molecule has 4 nitrogen and oxygen atoms in total. The van der Waals surface area contributed by atoms with Crippen molar-refractivity contribution in [1.29, 1.82) is 0 Å². The minimum atomic E-state index is -0.196. The van der Waals surface area contributed by atoms with Gasteiger partial charge in [-0.1, -0.05) is 31.5 Å². The monoisotopic (exact) mass is 292 g/mol. The van der Waals surface area contributed by atoms with Crippen LogP contribution in [-0.4, -0.2) is 17.1 Å². The fraction of sp³-hybridized carbons (Fsp3) is 0.333. The van der Waals surface area contributed by atoms with Gasteiger partial charge in [-0.3, -0.25) is 10.2 Å². The second-order valence-electron chi connectivity index (χ2n) is 5.68. The van der Waals surface area contributed by atoms with Crippen LogP contribution in [-0.2, 0) is 4.79 Å². The van der Waals surface area contributed by atoms with Crippen LogP contribution in [0.5, 0.6) is 0 Å². The van der Waals surface area contributed by atoms with Crippen LogP contribution in [0.1, 0.15) is 26.7 Å². The summed E-state index contributed by atoms with van der Waals surface area (Å²) in [7, 11) is 0. The number of ketones is 1. The highest BCUT2D eigenvalue weighted by molar-refractivity contribution is 6.30. The topological polar surface area (TPSA) is 61.7 Å². The van der Waals surface area contributed by atoms with E-state index in [0.29, 0.717) is 17.9 Å². The van der Waals surface area contributed by atoms with Gasteiger partial charge >= 0.3 is 0 Å². The van der Waals surface area contributed by atoms with E-state index in [9.17, 15) is 9.90 Å². The van der Waals surface area contributed by atoms with Gasteiger partial charge in [0.05, 0.1) is 17.5 Å². The molecule has 0 aromatic heterocycles. The van der Waals surface area contributed by atoms with Crippen molar-refractivity contribution in [3.05, 3.63) is 40.6 Å². The van der Waals surface area contributed by atoms with E-state index < -0.39 is 0 Å². The average molecular weight is 293 g/mol. The third kappa shape index (κ3) is 3.61. The smallest absolute Gasteiger partial charge is 0.168 e. The van der Waals surface area contributed by atoms with Gasteiger partial charge in [0.1, 0.15) is 5.76 Å². The number of aliphatic hydroxyl groups excluding tert-OH is 1. The zero-order chi connectivity index (χ0) is 14.8. The number of rotatable bonds is 3. The first kappa shape index (κ1) is 14.6. The Labute approximate surface area is 123 Å². The van der Waals surface area contributed by atoms with Gasteiger partial charge in [0.2, 0.25) is 0 Å². The lowest BCUT2D eigenvalue weighted by molar-refractivity contribution is -0.117. The Kier molecular flexibility index (Phi) is 4.14. The first-order valence-corrected chi connectivity index (χ1v) is 6.75. The maximum Gasteiger partial charge on any atom is 0.168 e. The summed E-state index contributed by atoms with van der Waals surface area (Å²) in [6.45, 7) is 3.92. The maximum atomic E-state index is 12.0. The number of aliphatic hydroxyl groups is 1. The van der Waals surface area contributed by atoms with Crippen LogP contribution in [0.25, 0.3) is 0 Å². The van der Waals surface area contributed by atoms with Gasteiger partial charge in [-0.2, -0.15) is 5.10 Å². The molecule has 1 aliphatic rings. The number of halogens is 1. The molecule has 0 fully saturated rings.